The summed E-state index contributed by atoms with van der Waals surface area (Å²) in [6.07, 6.45) is 3.43. The third-order valence-electron chi connectivity index (χ3n) is 5.23. The maximum absolute atomic E-state index is 12.9. The number of benzene rings is 1. The molecule has 1 N–H and O–H groups in total. The Kier molecular flexibility index (Phi) is 5.44. The Balaban J connectivity index is 1.83. The van der Waals surface area contributed by atoms with E-state index >= 15 is 0 Å². The van der Waals surface area contributed by atoms with E-state index in [1.807, 2.05) is 32.0 Å². The molecule has 0 spiro atoms. The van der Waals surface area contributed by atoms with Crippen LogP contribution in [0.15, 0.2) is 35.4 Å². The van der Waals surface area contributed by atoms with Gasteiger partial charge in [-0.2, -0.15) is 4.31 Å². The molecule has 2 heterocycles. The van der Waals surface area contributed by atoms with Gasteiger partial charge in [-0.1, -0.05) is 13.0 Å². The van der Waals surface area contributed by atoms with Crippen LogP contribution in [0.1, 0.15) is 41.4 Å². The Morgan fingerprint density at radius 2 is 1.93 bits per heavy atom. The number of nitrogens with zero attached hydrogens (tertiary/aromatic N) is 2. The Morgan fingerprint density at radius 1 is 1.19 bits per heavy atom. The van der Waals surface area contributed by atoms with Gasteiger partial charge < -0.3 is 9.88 Å². The maximum atomic E-state index is 12.9. The zero-order valence-corrected chi connectivity index (χ0v) is 17.1. The van der Waals surface area contributed by atoms with E-state index in [9.17, 15) is 13.2 Å². The smallest absolute Gasteiger partial charge is 0.272 e. The topological polar surface area (TPSA) is 71.4 Å². The van der Waals surface area contributed by atoms with E-state index < -0.39 is 10.0 Å². The molecule has 3 rings (SSSR count). The van der Waals surface area contributed by atoms with Crippen molar-refractivity contribution in [2.45, 2.75) is 38.5 Å². The van der Waals surface area contributed by atoms with Gasteiger partial charge in [0.1, 0.15) is 10.6 Å². The summed E-state index contributed by atoms with van der Waals surface area (Å²) in [5.41, 5.74) is 3.24. The summed E-state index contributed by atoms with van der Waals surface area (Å²) in [5.74, 6) is 0.0269. The summed E-state index contributed by atoms with van der Waals surface area (Å²) < 4.78 is 29.0. The van der Waals surface area contributed by atoms with E-state index in [2.05, 4.69) is 12.2 Å². The number of piperidine rings is 1. The van der Waals surface area contributed by atoms with Crippen molar-refractivity contribution in [3.63, 3.8) is 0 Å². The van der Waals surface area contributed by atoms with Crippen LogP contribution in [-0.4, -0.2) is 36.3 Å². The number of sulfonamides is 1. The fourth-order valence-corrected chi connectivity index (χ4v) is 5.10. The molecule has 1 aromatic heterocycles. The van der Waals surface area contributed by atoms with Crippen LogP contribution in [0.2, 0.25) is 0 Å². The second-order valence-electron chi connectivity index (χ2n) is 7.54. The molecular formula is C20H27N3O3S. The standard InChI is InChI=1S/C20H27N3O3S/c1-14-6-5-9-23(12-14)27(25,26)18-11-19(22(4)13-18)20(24)21-17-8-7-15(2)16(3)10-17/h7-8,10-11,13-14H,5-6,9,12H2,1-4H3,(H,21,24). The Labute approximate surface area is 161 Å². The average molecular weight is 390 g/mol. The number of carbonyl (C=O) groups excluding carboxylic acids is 1. The fraction of sp³-hybridized carbons (Fsp3) is 0.450. The SMILES string of the molecule is Cc1ccc(NC(=O)c2cc(S(=O)(=O)N3CCCC(C)C3)cn2C)cc1C. The number of rotatable bonds is 4. The third kappa shape index (κ3) is 4.09. The Bertz CT molecular complexity index is 963. The molecule has 2 aromatic rings. The highest BCUT2D eigenvalue weighted by Gasteiger charge is 2.30. The Hall–Kier alpha value is -2.12. The molecule has 6 nitrogen and oxygen atoms in total. The molecule has 146 valence electrons. The molecule has 1 aliphatic heterocycles. The summed E-state index contributed by atoms with van der Waals surface area (Å²) in [5, 5.41) is 2.85. The van der Waals surface area contributed by atoms with Gasteiger partial charge in [0.05, 0.1) is 0 Å². The van der Waals surface area contributed by atoms with Crippen molar-refractivity contribution in [3.05, 3.63) is 47.3 Å². The fourth-order valence-electron chi connectivity index (χ4n) is 3.43. The van der Waals surface area contributed by atoms with Crippen LogP contribution in [0.5, 0.6) is 0 Å². The second-order valence-corrected chi connectivity index (χ2v) is 9.47. The van der Waals surface area contributed by atoms with E-state index in [-0.39, 0.29) is 10.8 Å². The average Bonchev–Trinajstić information content (AvgIpc) is 3.01. The highest BCUT2D eigenvalue weighted by molar-refractivity contribution is 7.89. The van der Waals surface area contributed by atoms with Gasteiger partial charge >= 0.3 is 0 Å². The van der Waals surface area contributed by atoms with Crippen molar-refractivity contribution in [1.29, 1.82) is 0 Å². The predicted molar refractivity (Wildman–Crippen MR) is 106 cm³/mol. The highest BCUT2D eigenvalue weighted by atomic mass is 32.2. The van der Waals surface area contributed by atoms with Gasteiger partial charge in [-0.25, -0.2) is 8.42 Å². The first-order chi connectivity index (χ1) is 12.7. The largest absolute Gasteiger partial charge is 0.345 e. The van der Waals surface area contributed by atoms with Crippen LogP contribution in [-0.2, 0) is 17.1 Å². The molecule has 1 amide bonds. The quantitative estimate of drug-likeness (QED) is 0.872. The molecule has 1 atom stereocenters. The molecule has 0 aliphatic carbocycles. The minimum atomic E-state index is -3.58. The minimum absolute atomic E-state index is 0.171. The number of nitrogens with one attached hydrogen (secondary N) is 1. The van der Waals surface area contributed by atoms with Crippen molar-refractivity contribution < 1.29 is 13.2 Å². The first kappa shape index (κ1) is 19.6. The van der Waals surface area contributed by atoms with Crippen molar-refractivity contribution in [1.82, 2.24) is 8.87 Å². The molecule has 1 saturated heterocycles. The van der Waals surface area contributed by atoms with Crippen molar-refractivity contribution >= 4 is 21.6 Å². The summed E-state index contributed by atoms with van der Waals surface area (Å²) in [6.45, 7) is 7.12. The van der Waals surface area contributed by atoms with Crippen molar-refractivity contribution in [2.75, 3.05) is 18.4 Å². The molecule has 7 heteroatoms. The third-order valence-corrected chi connectivity index (χ3v) is 7.07. The zero-order valence-electron chi connectivity index (χ0n) is 16.3. The monoisotopic (exact) mass is 389 g/mol. The lowest BCUT2D eigenvalue weighted by molar-refractivity contribution is 0.101. The van der Waals surface area contributed by atoms with Gasteiger partial charge in [-0.05, 0) is 61.9 Å². The van der Waals surface area contributed by atoms with Gasteiger partial charge in [0.25, 0.3) is 5.91 Å². The zero-order chi connectivity index (χ0) is 19.8. The number of aromatic nitrogens is 1. The lowest BCUT2D eigenvalue weighted by atomic mass is 10.0. The normalized spacial score (nSPS) is 18.4. The molecular weight excluding hydrogens is 362 g/mol. The first-order valence-electron chi connectivity index (χ1n) is 9.23. The second kappa shape index (κ2) is 7.48. The first-order valence-corrected chi connectivity index (χ1v) is 10.7. The van der Waals surface area contributed by atoms with E-state index in [0.717, 1.165) is 24.0 Å². The van der Waals surface area contributed by atoms with Gasteiger partial charge in [-0.3, -0.25) is 4.79 Å². The Morgan fingerprint density at radius 3 is 2.59 bits per heavy atom. The summed E-state index contributed by atoms with van der Waals surface area (Å²) in [4.78, 5) is 12.8. The van der Waals surface area contributed by atoms with Crippen molar-refractivity contribution in [2.24, 2.45) is 13.0 Å². The predicted octanol–water partition coefficient (Wildman–Crippen LogP) is 3.31. The van der Waals surface area contributed by atoms with E-state index in [4.69, 9.17) is 0 Å². The van der Waals surface area contributed by atoms with E-state index in [0.29, 0.717) is 30.4 Å². The molecule has 1 unspecified atom stereocenters. The maximum Gasteiger partial charge on any atom is 0.272 e. The number of hydrogen-bond donors (Lipinski definition) is 1. The molecule has 1 aromatic carbocycles. The number of anilines is 1. The minimum Gasteiger partial charge on any atom is -0.345 e. The molecule has 27 heavy (non-hydrogen) atoms. The van der Waals surface area contributed by atoms with E-state index in [1.54, 1.807) is 11.6 Å². The summed E-state index contributed by atoms with van der Waals surface area (Å²) in [7, 11) is -1.90. The number of carbonyl (C=O) groups is 1. The van der Waals surface area contributed by atoms with Crippen LogP contribution < -0.4 is 5.32 Å². The van der Waals surface area contributed by atoms with Crippen molar-refractivity contribution in [3.8, 4) is 0 Å². The highest BCUT2D eigenvalue weighted by Crippen LogP contribution is 2.25. The van der Waals surface area contributed by atoms with Crippen LogP contribution >= 0.6 is 0 Å². The van der Waals surface area contributed by atoms with Gasteiger partial charge in [0.2, 0.25) is 10.0 Å². The molecule has 0 bridgehead atoms. The number of aryl methyl sites for hydroxylation is 3. The molecule has 0 radical (unpaired) electrons. The van der Waals surface area contributed by atoms with Gasteiger partial charge in [0.15, 0.2) is 0 Å². The summed E-state index contributed by atoms with van der Waals surface area (Å²) >= 11 is 0. The lowest BCUT2D eigenvalue weighted by Crippen LogP contribution is -2.38. The number of hydrogen-bond acceptors (Lipinski definition) is 3. The molecule has 0 saturated carbocycles. The molecule has 1 aliphatic rings. The number of amides is 1. The van der Waals surface area contributed by atoms with Gasteiger partial charge in [0, 0.05) is 32.0 Å². The van der Waals surface area contributed by atoms with E-state index in [1.165, 1.54) is 16.6 Å². The van der Waals surface area contributed by atoms with Crippen LogP contribution in [0.3, 0.4) is 0 Å². The molecule has 1 fully saturated rings. The van der Waals surface area contributed by atoms with Crippen LogP contribution in [0.25, 0.3) is 0 Å². The van der Waals surface area contributed by atoms with Gasteiger partial charge in [-0.15, -0.1) is 0 Å². The summed E-state index contributed by atoms with van der Waals surface area (Å²) in [6, 6.07) is 7.16. The lowest BCUT2D eigenvalue weighted by Gasteiger charge is -2.29. The van der Waals surface area contributed by atoms with Crippen LogP contribution in [0.4, 0.5) is 5.69 Å². The van der Waals surface area contributed by atoms with Crippen LogP contribution in [0, 0.1) is 19.8 Å².